The Hall–Kier alpha value is -0.870. The number of aryl methyl sites for hydroxylation is 1. The monoisotopic (exact) mass is 213 g/mol. The van der Waals surface area contributed by atoms with Crippen molar-refractivity contribution < 1.29 is 8.42 Å². The van der Waals surface area contributed by atoms with Gasteiger partial charge < -0.3 is 0 Å². The molecule has 4 heteroatoms. The Labute approximate surface area is 85.2 Å². The average Bonchev–Trinajstić information content (AvgIpc) is 2.02. The van der Waals surface area contributed by atoms with E-state index in [1.54, 1.807) is 0 Å². The van der Waals surface area contributed by atoms with E-state index in [9.17, 15) is 8.42 Å². The fourth-order valence-corrected chi connectivity index (χ4v) is 2.02. The lowest BCUT2D eigenvalue weighted by molar-refractivity contribution is 0.573. The van der Waals surface area contributed by atoms with Crippen molar-refractivity contribution in [3.8, 4) is 0 Å². The van der Waals surface area contributed by atoms with Crippen LogP contribution in [-0.2, 0) is 10.0 Å². The zero-order valence-corrected chi connectivity index (χ0v) is 9.43. The second-order valence-electron chi connectivity index (χ2n) is 3.52. The molecule has 0 aliphatic carbocycles. The molecule has 0 heterocycles. The van der Waals surface area contributed by atoms with Gasteiger partial charge in [0.1, 0.15) is 0 Å². The molecule has 1 unspecified atom stereocenters. The lowest BCUT2D eigenvalue weighted by Crippen LogP contribution is -2.25. The molecule has 0 aliphatic heterocycles. The van der Waals surface area contributed by atoms with Gasteiger partial charge in [-0.05, 0) is 19.4 Å². The van der Waals surface area contributed by atoms with Crippen LogP contribution in [-0.4, -0.2) is 14.7 Å². The van der Waals surface area contributed by atoms with E-state index in [1.165, 1.54) is 5.56 Å². The summed E-state index contributed by atoms with van der Waals surface area (Å²) in [5.74, 6) is 0. The van der Waals surface area contributed by atoms with E-state index in [0.717, 1.165) is 11.8 Å². The van der Waals surface area contributed by atoms with Crippen LogP contribution in [0.4, 0.5) is 0 Å². The van der Waals surface area contributed by atoms with Gasteiger partial charge in [-0.15, -0.1) is 0 Å². The molecule has 1 N–H and O–H groups in total. The van der Waals surface area contributed by atoms with E-state index in [-0.39, 0.29) is 6.04 Å². The summed E-state index contributed by atoms with van der Waals surface area (Å²) in [4.78, 5) is 0. The maximum absolute atomic E-state index is 11.0. The largest absolute Gasteiger partial charge is 0.213 e. The SMILES string of the molecule is Cc1ccc(C(C)NS(C)(=O)=O)cc1. The summed E-state index contributed by atoms with van der Waals surface area (Å²) in [6.45, 7) is 3.82. The summed E-state index contributed by atoms with van der Waals surface area (Å²) in [6.07, 6.45) is 1.16. The Morgan fingerprint density at radius 3 is 2.14 bits per heavy atom. The topological polar surface area (TPSA) is 46.2 Å². The minimum atomic E-state index is -3.13. The van der Waals surface area contributed by atoms with E-state index in [0.29, 0.717) is 0 Å². The highest BCUT2D eigenvalue weighted by molar-refractivity contribution is 7.88. The van der Waals surface area contributed by atoms with Gasteiger partial charge >= 0.3 is 0 Å². The molecule has 3 nitrogen and oxygen atoms in total. The van der Waals surface area contributed by atoms with Crippen molar-refractivity contribution in [2.24, 2.45) is 0 Å². The third-order valence-corrected chi connectivity index (χ3v) is 2.75. The summed E-state index contributed by atoms with van der Waals surface area (Å²) < 4.78 is 24.5. The summed E-state index contributed by atoms with van der Waals surface area (Å²) in [7, 11) is -3.13. The summed E-state index contributed by atoms with van der Waals surface area (Å²) in [6, 6.07) is 7.62. The molecule has 1 rings (SSSR count). The maximum atomic E-state index is 11.0. The van der Waals surface area contributed by atoms with Crippen LogP contribution in [0.5, 0.6) is 0 Å². The van der Waals surface area contributed by atoms with Gasteiger partial charge in [-0.3, -0.25) is 0 Å². The highest BCUT2D eigenvalue weighted by Crippen LogP contribution is 2.13. The minimum absolute atomic E-state index is 0.175. The molecule has 0 radical (unpaired) electrons. The van der Waals surface area contributed by atoms with E-state index < -0.39 is 10.0 Å². The Bertz CT molecular complexity index is 395. The van der Waals surface area contributed by atoms with Gasteiger partial charge in [-0.2, -0.15) is 0 Å². The van der Waals surface area contributed by atoms with E-state index in [4.69, 9.17) is 0 Å². The van der Waals surface area contributed by atoms with E-state index in [1.807, 2.05) is 38.1 Å². The summed E-state index contributed by atoms with van der Waals surface area (Å²) in [5.41, 5.74) is 2.14. The first kappa shape index (κ1) is 11.2. The first-order chi connectivity index (χ1) is 6.38. The van der Waals surface area contributed by atoms with Crippen LogP contribution in [0.1, 0.15) is 24.1 Å². The number of benzene rings is 1. The second-order valence-corrected chi connectivity index (χ2v) is 5.30. The van der Waals surface area contributed by atoms with Crippen molar-refractivity contribution in [1.29, 1.82) is 0 Å². The zero-order chi connectivity index (χ0) is 10.8. The molecule has 1 aromatic rings. The van der Waals surface area contributed by atoms with Crippen molar-refractivity contribution in [3.63, 3.8) is 0 Å². The summed E-state index contributed by atoms with van der Waals surface area (Å²) in [5, 5.41) is 0. The average molecular weight is 213 g/mol. The van der Waals surface area contributed by atoms with Crippen molar-refractivity contribution >= 4 is 10.0 Å². The Morgan fingerprint density at radius 2 is 1.71 bits per heavy atom. The lowest BCUT2D eigenvalue weighted by atomic mass is 10.1. The zero-order valence-electron chi connectivity index (χ0n) is 8.61. The standard InChI is InChI=1S/C10H15NO2S/c1-8-4-6-10(7-5-8)9(2)11-14(3,12)13/h4-7,9,11H,1-3H3. The summed E-state index contributed by atoms with van der Waals surface area (Å²) >= 11 is 0. The number of nitrogens with one attached hydrogen (secondary N) is 1. The van der Waals surface area contributed by atoms with Crippen molar-refractivity contribution in [2.45, 2.75) is 19.9 Å². The minimum Gasteiger partial charge on any atom is -0.213 e. The van der Waals surface area contributed by atoms with Crippen LogP contribution in [0.25, 0.3) is 0 Å². The van der Waals surface area contributed by atoms with Gasteiger partial charge in [0.05, 0.1) is 6.26 Å². The number of hydrogen-bond donors (Lipinski definition) is 1. The van der Waals surface area contributed by atoms with Gasteiger partial charge in [0, 0.05) is 6.04 Å². The molecule has 0 aromatic heterocycles. The molecule has 0 amide bonds. The van der Waals surface area contributed by atoms with Crippen molar-refractivity contribution in [1.82, 2.24) is 4.72 Å². The molecule has 0 saturated heterocycles. The van der Waals surface area contributed by atoms with E-state index in [2.05, 4.69) is 4.72 Å². The van der Waals surface area contributed by atoms with Gasteiger partial charge in [0.15, 0.2) is 0 Å². The Kier molecular flexibility index (Phi) is 3.29. The molecule has 78 valence electrons. The first-order valence-electron chi connectivity index (χ1n) is 4.42. The fourth-order valence-electron chi connectivity index (χ4n) is 1.24. The molecule has 0 spiro atoms. The van der Waals surface area contributed by atoms with Crippen LogP contribution < -0.4 is 4.72 Å². The van der Waals surface area contributed by atoms with Gasteiger partial charge in [-0.25, -0.2) is 13.1 Å². The highest BCUT2D eigenvalue weighted by atomic mass is 32.2. The predicted molar refractivity (Wildman–Crippen MR) is 57.6 cm³/mol. The van der Waals surface area contributed by atoms with Crippen LogP contribution in [0.15, 0.2) is 24.3 Å². The quantitative estimate of drug-likeness (QED) is 0.829. The molecular formula is C10H15NO2S. The first-order valence-corrected chi connectivity index (χ1v) is 6.31. The van der Waals surface area contributed by atoms with Crippen molar-refractivity contribution in [3.05, 3.63) is 35.4 Å². The van der Waals surface area contributed by atoms with E-state index >= 15 is 0 Å². The fraction of sp³-hybridized carbons (Fsp3) is 0.400. The normalized spacial score (nSPS) is 13.9. The van der Waals surface area contributed by atoms with Crippen LogP contribution >= 0.6 is 0 Å². The van der Waals surface area contributed by atoms with Crippen LogP contribution in [0, 0.1) is 6.92 Å². The number of rotatable bonds is 3. The molecule has 1 atom stereocenters. The lowest BCUT2D eigenvalue weighted by Gasteiger charge is -2.12. The Balaban J connectivity index is 2.80. The molecule has 0 saturated carbocycles. The molecule has 0 fully saturated rings. The number of sulfonamides is 1. The highest BCUT2D eigenvalue weighted by Gasteiger charge is 2.09. The van der Waals surface area contributed by atoms with Gasteiger partial charge in [0.2, 0.25) is 10.0 Å². The molecule has 1 aromatic carbocycles. The maximum Gasteiger partial charge on any atom is 0.209 e. The van der Waals surface area contributed by atoms with Crippen LogP contribution in [0.3, 0.4) is 0 Å². The molecule has 14 heavy (non-hydrogen) atoms. The van der Waals surface area contributed by atoms with Gasteiger partial charge in [0.25, 0.3) is 0 Å². The van der Waals surface area contributed by atoms with Gasteiger partial charge in [-0.1, -0.05) is 29.8 Å². The second kappa shape index (κ2) is 4.11. The molecular weight excluding hydrogens is 198 g/mol. The molecule has 0 bridgehead atoms. The number of hydrogen-bond acceptors (Lipinski definition) is 2. The Morgan fingerprint density at radius 1 is 1.21 bits per heavy atom. The predicted octanol–water partition coefficient (Wildman–Crippen LogP) is 1.61. The molecule has 0 aliphatic rings. The third kappa shape index (κ3) is 3.47. The smallest absolute Gasteiger partial charge is 0.209 e. The third-order valence-electron chi connectivity index (χ3n) is 1.97. The van der Waals surface area contributed by atoms with Crippen LogP contribution in [0.2, 0.25) is 0 Å². The van der Waals surface area contributed by atoms with Crippen molar-refractivity contribution in [2.75, 3.05) is 6.26 Å².